The van der Waals surface area contributed by atoms with Crippen LogP contribution >= 0.6 is 0 Å². The van der Waals surface area contributed by atoms with Gasteiger partial charge in [-0.05, 0) is 37.1 Å². The first-order valence-corrected chi connectivity index (χ1v) is 11.7. The van der Waals surface area contributed by atoms with Gasteiger partial charge in [0.2, 0.25) is 0 Å². The summed E-state index contributed by atoms with van der Waals surface area (Å²) in [4.78, 5) is 7.16. The fourth-order valence-corrected chi connectivity index (χ4v) is 4.70. The lowest BCUT2D eigenvalue weighted by Crippen LogP contribution is -2.36. The highest BCUT2D eigenvalue weighted by atomic mass is 32.2. The molecule has 2 aromatic heterocycles. The maximum Gasteiger partial charge on any atom is 0.175 e. The van der Waals surface area contributed by atoms with E-state index in [4.69, 9.17) is 4.74 Å². The second-order valence-corrected chi connectivity index (χ2v) is 9.47. The van der Waals surface area contributed by atoms with Gasteiger partial charge >= 0.3 is 0 Å². The van der Waals surface area contributed by atoms with E-state index in [1.54, 1.807) is 12.1 Å². The highest BCUT2D eigenvalue weighted by Gasteiger charge is 2.16. The smallest absolute Gasteiger partial charge is 0.175 e. The highest BCUT2D eigenvalue weighted by Crippen LogP contribution is 2.27. The van der Waals surface area contributed by atoms with Gasteiger partial charge in [0.1, 0.15) is 5.82 Å². The van der Waals surface area contributed by atoms with Crippen LogP contribution in [0.3, 0.4) is 0 Å². The van der Waals surface area contributed by atoms with Crippen molar-refractivity contribution in [1.29, 1.82) is 0 Å². The third kappa shape index (κ3) is 4.08. The maximum atomic E-state index is 12.0. The molecule has 0 unspecified atom stereocenters. The average Bonchev–Trinajstić information content (AvgIpc) is 2.74. The number of benzene rings is 1. The number of sulfone groups is 1. The number of anilines is 2. The SMILES string of the molecule is Cc1c(CNc2nnc(C)c3cnc(N4CCOCC4)cc23)cccc1S(C)(=O)=O. The van der Waals surface area contributed by atoms with E-state index < -0.39 is 9.84 Å². The van der Waals surface area contributed by atoms with E-state index >= 15 is 0 Å². The summed E-state index contributed by atoms with van der Waals surface area (Å²) in [5.41, 5.74) is 2.45. The van der Waals surface area contributed by atoms with E-state index in [1.807, 2.05) is 32.2 Å². The molecule has 1 fully saturated rings. The molecule has 0 radical (unpaired) electrons. The van der Waals surface area contributed by atoms with Crippen LogP contribution in [0.15, 0.2) is 35.4 Å². The number of pyridine rings is 1. The second kappa shape index (κ2) is 8.16. The summed E-state index contributed by atoms with van der Waals surface area (Å²) in [7, 11) is -3.28. The molecule has 1 saturated heterocycles. The maximum absolute atomic E-state index is 12.0. The minimum absolute atomic E-state index is 0.348. The molecule has 8 nitrogen and oxygen atoms in total. The molecule has 9 heteroatoms. The van der Waals surface area contributed by atoms with Gasteiger partial charge in [-0.2, -0.15) is 5.10 Å². The van der Waals surface area contributed by atoms with Crippen molar-refractivity contribution in [3.8, 4) is 0 Å². The summed E-state index contributed by atoms with van der Waals surface area (Å²) in [6, 6.07) is 7.35. The predicted octanol–water partition coefficient (Wildman–Crippen LogP) is 2.49. The predicted molar refractivity (Wildman–Crippen MR) is 117 cm³/mol. The van der Waals surface area contributed by atoms with Crippen LogP contribution in [0.25, 0.3) is 10.8 Å². The number of aromatic nitrogens is 3. The zero-order valence-corrected chi connectivity index (χ0v) is 18.2. The number of aryl methyl sites for hydroxylation is 1. The zero-order valence-electron chi connectivity index (χ0n) is 17.3. The number of nitrogens with one attached hydrogen (secondary N) is 1. The van der Waals surface area contributed by atoms with Gasteiger partial charge in [0.15, 0.2) is 15.7 Å². The first-order valence-electron chi connectivity index (χ1n) is 9.83. The molecule has 158 valence electrons. The van der Waals surface area contributed by atoms with Crippen molar-refractivity contribution in [1.82, 2.24) is 15.2 Å². The molecule has 3 heterocycles. The summed E-state index contributed by atoms with van der Waals surface area (Å²) in [6.07, 6.45) is 3.07. The molecule has 1 aromatic carbocycles. The summed E-state index contributed by atoms with van der Waals surface area (Å²) >= 11 is 0. The number of hydrogen-bond acceptors (Lipinski definition) is 8. The molecule has 0 aliphatic carbocycles. The Labute approximate surface area is 176 Å². The molecule has 1 N–H and O–H groups in total. The molecule has 1 aliphatic rings. The topological polar surface area (TPSA) is 97.3 Å². The van der Waals surface area contributed by atoms with E-state index in [1.165, 1.54) is 6.26 Å². The van der Waals surface area contributed by atoms with Gasteiger partial charge in [0.05, 0.1) is 23.8 Å². The summed E-state index contributed by atoms with van der Waals surface area (Å²) in [6.45, 7) is 7.16. The van der Waals surface area contributed by atoms with Gasteiger partial charge < -0.3 is 15.0 Å². The quantitative estimate of drug-likeness (QED) is 0.663. The Hall–Kier alpha value is -2.78. The van der Waals surface area contributed by atoms with Crippen molar-refractivity contribution in [3.05, 3.63) is 47.3 Å². The molecule has 3 aromatic rings. The average molecular weight is 428 g/mol. The van der Waals surface area contributed by atoms with Crippen molar-refractivity contribution in [3.63, 3.8) is 0 Å². The van der Waals surface area contributed by atoms with Gasteiger partial charge in [0, 0.05) is 42.9 Å². The van der Waals surface area contributed by atoms with Crippen molar-refractivity contribution >= 4 is 32.2 Å². The Kier molecular flexibility index (Phi) is 5.57. The van der Waals surface area contributed by atoms with Crippen LogP contribution in [0.4, 0.5) is 11.6 Å². The fraction of sp³-hybridized carbons (Fsp3) is 0.381. The lowest BCUT2D eigenvalue weighted by Gasteiger charge is -2.28. The minimum Gasteiger partial charge on any atom is -0.378 e. The lowest BCUT2D eigenvalue weighted by molar-refractivity contribution is 0.122. The second-order valence-electron chi connectivity index (χ2n) is 7.49. The monoisotopic (exact) mass is 427 g/mol. The van der Waals surface area contributed by atoms with Crippen molar-refractivity contribution in [2.75, 3.05) is 42.8 Å². The number of ether oxygens (including phenoxy) is 1. The van der Waals surface area contributed by atoms with E-state index in [-0.39, 0.29) is 0 Å². The first kappa shape index (κ1) is 20.5. The standard InChI is InChI=1S/C21H25N5O3S/c1-14-16(5-4-6-19(14)30(3,27)28)12-23-21-17-11-20(26-7-9-29-10-8-26)22-13-18(17)15(2)24-25-21/h4-6,11,13H,7-10,12H2,1-3H3,(H,23,25). The number of rotatable bonds is 5. The van der Waals surface area contributed by atoms with E-state index in [2.05, 4.69) is 25.4 Å². The van der Waals surface area contributed by atoms with Gasteiger partial charge in [-0.25, -0.2) is 13.4 Å². The molecule has 30 heavy (non-hydrogen) atoms. The van der Waals surface area contributed by atoms with Crippen LogP contribution in [-0.2, 0) is 21.1 Å². The number of nitrogens with zero attached hydrogens (tertiary/aromatic N) is 4. The Morgan fingerprint density at radius 2 is 1.90 bits per heavy atom. The van der Waals surface area contributed by atoms with Crippen molar-refractivity contribution < 1.29 is 13.2 Å². The summed E-state index contributed by atoms with van der Waals surface area (Å²) < 4.78 is 29.5. The van der Waals surface area contributed by atoms with E-state index in [0.717, 1.165) is 46.5 Å². The first-order chi connectivity index (χ1) is 14.3. The van der Waals surface area contributed by atoms with Crippen LogP contribution in [-0.4, -0.2) is 56.2 Å². The van der Waals surface area contributed by atoms with E-state index in [9.17, 15) is 8.42 Å². The molecule has 4 rings (SSSR count). The molecular formula is C21H25N5O3S. The molecule has 0 spiro atoms. The van der Waals surface area contributed by atoms with Gasteiger partial charge in [-0.15, -0.1) is 5.10 Å². The molecule has 0 saturated carbocycles. The lowest BCUT2D eigenvalue weighted by atomic mass is 10.1. The van der Waals surface area contributed by atoms with Crippen LogP contribution < -0.4 is 10.2 Å². The normalized spacial score (nSPS) is 14.8. The van der Waals surface area contributed by atoms with Crippen LogP contribution in [0.2, 0.25) is 0 Å². The zero-order chi connectivity index (χ0) is 21.3. The largest absolute Gasteiger partial charge is 0.378 e. The number of fused-ring (bicyclic) bond motifs is 1. The van der Waals surface area contributed by atoms with Gasteiger partial charge in [-0.3, -0.25) is 0 Å². The Morgan fingerprint density at radius 1 is 1.13 bits per heavy atom. The van der Waals surface area contributed by atoms with Crippen molar-refractivity contribution in [2.24, 2.45) is 0 Å². The minimum atomic E-state index is -3.28. The molecule has 1 aliphatic heterocycles. The highest BCUT2D eigenvalue weighted by molar-refractivity contribution is 7.90. The molecular weight excluding hydrogens is 402 g/mol. The fourth-order valence-electron chi connectivity index (χ4n) is 3.69. The van der Waals surface area contributed by atoms with Crippen LogP contribution in [0.5, 0.6) is 0 Å². The number of morpholine rings is 1. The molecule has 0 amide bonds. The van der Waals surface area contributed by atoms with E-state index in [0.29, 0.717) is 30.5 Å². The van der Waals surface area contributed by atoms with Gasteiger partial charge in [0.25, 0.3) is 0 Å². The Morgan fingerprint density at radius 3 is 2.63 bits per heavy atom. The van der Waals surface area contributed by atoms with Crippen LogP contribution in [0, 0.1) is 13.8 Å². The van der Waals surface area contributed by atoms with Crippen molar-refractivity contribution in [2.45, 2.75) is 25.3 Å². The Balaban J connectivity index is 1.67. The molecule has 0 atom stereocenters. The Bertz CT molecular complexity index is 1190. The summed E-state index contributed by atoms with van der Waals surface area (Å²) in [5, 5.41) is 13.8. The van der Waals surface area contributed by atoms with Gasteiger partial charge in [-0.1, -0.05) is 12.1 Å². The summed E-state index contributed by atoms with van der Waals surface area (Å²) in [5.74, 6) is 1.54. The number of hydrogen-bond donors (Lipinski definition) is 1. The third-order valence-corrected chi connectivity index (χ3v) is 6.65. The molecule has 0 bridgehead atoms. The van der Waals surface area contributed by atoms with Crippen LogP contribution in [0.1, 0.15) is 16.8 Å². The third-order valence-electron chi connectivity index (χ3n) is 5.41.